The van der Waals surface area contributed by atoms with Gasteiger partial charge in [-0.1, -0.05) is 25.1 Å². The highest BCUT2D eigenvalue weighted by molar-refractivity contribution is 7.12. The number of carbonyl (C=O) groups is 1. The molecule has 7 nitrogen and oxygen atoms in total. The Hall–Kier alpha value is -2.87. The lowest BCUT2D eigenvalue weighted by Gasteiger charge is -2.17. The number of thiophene rings is 1. The number of nitrogens with zero attached hydrogens (tertiary/aromatic N) is 2. The summed E-state index contributed by atoms with van der Waals surface area (Å²) < 4.78 is 16.1. The van der Waals surface area contributed by atoms with Crippen molar-refractivity contribution in [2.75, 3.05) is 6.79 Å². The van der Waals surface area contributed by atoms with Crippen molar-refractivity contribution in [2.45, 2.75) is 19.9 Å². The van der Waals surface area contributed by atoms with Crippen molar-refractivity contribution in [2.24, 2.45) is 5.92 Å². The third-order valence-corrected chi connectivity index (χ3v) is 4.91. The molecule has 8 heteroatoms. The molecule has 1 aliphatic rings. The highest BCUT2D eigenvalue weighted by Gasteiger charge is 2.26. The third kappa shape index (κ3) is 3.15. The van der Waals surface area contributed by atoms with Crippen molar-refractivity contribution in [1.82, 2.24) is 15.5 Å². The van der Waals surface area contributed by atoms with E-state index in [9.17, 15) is 4.79 Å². The maximum atomic E-state index is 12.4. The fourth-order valence-corrected chi connectivity index (χ4v) is 3.27. The first kappa shape index (κ1) is 16.6. The average Bonchev–Trinajstić information content (AvgIpc) is 3.39. The van der Waals surface area contributed by atoms with Gasteiger partial charge in [-0.05, 0) is 35.6 Å². The molecule has 1 atom stereocenters. The van der Waals surface area contributed by atoms with Gasteiger partial charge in [0.1, 0.15) is 6.04 Å². The monoisotopic (exact) mass is 371 g/mol. The summed E-state index contributed by atoms with van der Waals surface area (Å²) in [5, 5.41) is 8.89. The Morgan fingerprint density at radius 1 is 1.23 bits per heavy atom. The molecule has 0 radical (unpaired) electrons. The summed E-state index contributed by atoms with van der Waals surface area (Å²) in [6.07, 6.45) is 0. The first-order valence-electron chi connectivity index (χ1n) is 8.20. The molecule has 2 aromatic heterocycles. The Morgan fingerprint density at radius 2 is 2.08 bits per heavy atom. The fraction of sp³-hybridized carbons (Fsp3) is 0.278. The molecule has 0 bridgehead atoms. The Bertz CT molecular complexity index is 920. The van der Waals surface area contributed by atoms with Gasteiger partial charge in [-0.2, -0.15) is 4.98 Å². The summed E-state index contributed by atoms with van der Waals surface area (Å²) in [6, 6.07) is 8.71. The number of benzene rings is 1. The smallest absolute Gasteiger partial charge is 0.262 e. The van der Waals surface area contributed by atoms with Gasteiger partial charge in [-0.15, -0.1) is 11.3 Å². The standard InChI is InChI=1S/C18H17N3O4S/c1-10(2)15(19-17(22)14-4-3-7-26-14)18-20-16(21-25-18)11-5-6-12-13(8-11)24-9-23-12/h3-8,10,15H,9H2,1-2H3,(H,19,22). The van der Waals surface area contributed by atoms with Gasteiger partial charge in [0.05, 0.1) is 4.88 Å². The number of fused-ring (bicyclic) bond motifs is 1. The highest BCUT2D eigenvalue weighted by Crippen LogP contribution is 2.35. The number of hydrogen-bond acceptors (Lipinski definition) is 7. The van der Waals surface area contributed by atoms with Gasteiger partial charge in [0, 0.05) is 5.56 Å². The zero-order chi connectivity index (χ0) is 18.1. The molecule has 0 saturated carbocycles. The second-order valence-corrected chi connectivity index (χ2v) is 7.14. The molecular formula is C18H17N3O4S. The minimum Gasteiger partial charge on any atom is -0.454 e. The predicted octanol–water partition coefficient (Wildman–Crippen LogP) is 3.65. The molecule has 0 fully saturated rings. The van der Waals surface area contributed by atoms with Gasteiger partial charge < -0.3 is 19.3 Å². The van der Waals surface area contributed by atoms with Crippen LogP contribution in [0.25, 0.3) is 11.4 Å². The van der Waals surface area contributed by atoms with E-state index < -0.39 is 0 Å². The van der Waals surface area contributed by atoms with E-state index in [1.165, 1.54) is 11.3 Å². The van der Waals surface area contributed by atoms with Crippen LogP contribution in [0.2, 0.25) is 0 Å². The molecule has 1 N–H and O–H groups in total. The molecule has 1 amide bonds. The van der Waals surface area contributed by atoms with Crippen molar-refractivity contribution in [1.29, 1.82) is 0 Å². The maximum Gasteiger partial charge on any atom is 0.262 e. The van der Waals surface area contributed by atoms with Crippen LogP contribution in [0.3, 0.4) is 0 Å². The van der Waals surface area contributed by atoms with Crippen LogP contribution in [-0.2, 0) is 0 Å². The van der Waals surface area contributed by atoms with Crippen LogP contribution in [0.4, 0.5) is 0 Å². The van der Waals surface area contributed by atoms with E-state index >= 15 is 0 Å². The summed E-state index contributed by atoms with van der Waals surface area (Å²) in [5.74, 6) is 2.10. The van der Waals surface area contributed by atoms with Crippen LogP contribution in [0.1, 0.15) is 35.5 Å². The van der Waals surface area contributed by atoms with Crippen LogP contribution in [0, 0.1) is 5.92 Å². The third-order valence-electron chi connectivity index (χ3n) is 4.04. The van der Waals surface area contributed by atoms with Crippen molar-refractivity contribution in [3.63, 3.8) is 0 Å². The van der Waals surface area contributed by atoms with E-state index in [-0.39, 0.29) is 24.7 Å². The predicted molar refractivity (Wildman–Crippen MR) is 95.2 cm³/mol. The number of nitrogens with one attached hydrogen (secondary N) is 1. The van der Waals surface area contributed by atoms with E-state index in [2.05, 4.69) is 15.5 Å². The minimum absolute atomic E-state index is 0.0870. The molecule has 0 saturated heterocycles. The van der Waals surface area contributed by atoms with Crippen LogP contribution in [-0.4, -0.2) is 22.8 Å². The zero-order valence-electron chi connectivity index (χ0n) is 14.3. The molecule has 134 valence electrons. The average molecular weight is 371 g/mol. The Labute approximate surface area is 153 Å². The lowest BCUT2D eigenvalue weighted by Crippen LogP contribution is -2.31. The van der Waals surface area contributed by atoms with Gasteiger partial charge in [-0.3, -0.25) is 4.79 Å². The molecule has 26 heavy (non-hydrogen) atoms. The molecule has 0 spiro atoms. The summed E-state index contributed by atoms with van der Waals surface area (Å²) >= 11 is 1.39. The van der Waals surface area contributed by atoms with Crippen LogP contribution >= 0.6 is 11.3 Å². The lowest BCUT2D eigenvalue weighted by atomic mass is 10.0. The fourth-order valence-electron chi connectivity index (χ4n) is 2.65. The quantitative estimate of drug-likeness (QED) is 0.737. The van der Waals surface area contributed by atoms with Crippen LogP contribution < -0.4 is 14.8 Å². The number of rotatable bonds is 5. The second-order valence-electron chi connectivity index (χ2n) is 6.20. The number of aromatic nitrogens is 2. The maximum absolute atomic E-state index is 12.4. The number of ether oxygens (including phenoxy) is 2. The van der Waals surface area contributed by atoms with Gasteiger partial charge in [0.15, 0.2) is 11.5 Å². The molecule has 0 aliphatic carbocycles. The van der Waals surface area contributed by atoms with E-state index in [0.29, 0.717) is 28.1 Å². The minimum atomic E-state index is -0.375. The number of amides is 1. The largest absolute Gasteiger partial charge is 0.454 e. The van der Waals surface area contributed by atoms with E-state index in [4.69, 9.17) is 14.0 Å². The van der Waals surface area contributed by atoms with Crippen molar-refractivity contribution in [3.8, 4) is 22.9 Å². The SMILES string of the molecule is CC(C)C(NC(=O)c1cccs1)c1nc(-c2ccc3c(c2)OCO3)no1. The first-order valence-corrected chi connectivity index (χ1v) is 9.08. The number of hydrogen-bond donors (Lipinski definition) is 1. The van der Waals surface area contributed by atoms with Crippen molar-refractivity contribution >= 4 is 17.2 Å². The normalized spacial score (nSPS) is 13.8. The molecule has 1 aromatic carbocycles. The van der Waals surface area contributed by atoms with Crippen molar-refractivity contribution < 1.29 is 18.8 Å². The molecule has 1 unspecified atom stereocenters. The van der Waals surface area contributed by atoms with Gasteiger partial charge in [-0.25, -0.2) is 0 Å². The topological polar surface area (TPSA) is 86.5 Å². The van der Waals surface area contributed by atoms with Crippen molar-refractivity contribution in [3.05, 3.63) is 46.5 Å². The van der Waals surface area contributed by atoms with Gasteiger partial charge in [0.2, 0.25) is 18.5 Å². The molecule has 1 aliphatic heterocycles. The van der Waals surface area contributed by atoms with Gasteiger partial charge in [0.25, 0.3) is 5.91 Å². The summed E-state index contributed by atoms with van der Waals surface area (Å²) in [6.45, 7) is 4.19. The Kier molecular flexibility index (Phi) is 4.34. The van der Waals surface area contributed by atoms with Crippen LogP contribution in [0.15, 0.2) is 40.2 Å². The van der Waals surface area contributed by atoms with E-state index in [0.717, 1.165) is 5.56 Å². The lowest BCUT2D eigenvalue weighted by molar-refractivity contribution is 0.0918. The van der Waals surface area contributed by atoms with Crippen LogP contribution in [0.5, 0.6) is 11.5 Å². The molecular weight excluding hydrogens is 354 g/mol. The molecule has 4 rings (SSSR count). The summed E-state index contributed by atoms with van der Waals surface area (Å²) in [4.78, 5) is 17.5. The van der Waals surface area contributed by atoms with E-state index in [1.807, 2.05) is 43.5 Å². The molecule has 3 heterocycles. The summed E-state index contributed by atoms with van der Waals surface area (Å²) in [7, 11) is 0. The highest BCUT2D eigenvalue weighted by atomic mass is 32.1. The summed E-state index contributed by atoms with van der Waals surface area (Å²) in [5.41, 5.74) is 0.760. The zero-order valence-corrected chi connectivity index (χ0v) is 15.1. The Morgan fingerprint density at radius 3 is 2.85 bits per heavy atom. The number of carbonyl (C=O) groups excluding carboxylic acids is 1. The first-order chi connectivity index (χ1) is 12.6. The van der Waals surface area contributed by atoms with E-state index in [1.54, 1.807) is 6.07 Å². The molecule has 3 aromatic rings. The van der Waals surface area contributed by atoms with Gasteiger partial charge >= 0.3 is 0 Å². The second kappa shape index (κ2) is 6.80. The Balaban J connectivity index is 1.57.